The lowest BCUT2D eigenvalue weighted by atomic mass is 9.96. The zero-order valence-corrected chi connectivity index (χ0v) is 9.74. The molecule has 0 aromatic rings. The standard InChI is InChI=1S/C11H23N3O2/c12-6-7-13-11(16)14-10(5-8-15)9-3-1-2-4-9/h9-10,15H,1-8,12H2,(H2,13,14,16). The smallest absolute Gasteiger partial charge is 0.315 e. The number of aliphatic hydroxyl groups is 1. The van der Waals surface area contributed by atoms with Crippen LogP contribution in [0.1, 0.15) is 32.1 Å². The van der Waals surface area contributed by atoms with E-state index in [4.69, 9.17) is 10.8 Å². The number of nitrogens with one attached hydrogen (secondary N) is 2. The molecule has 16 heavy (non-hydrogen) atoms. The summed E-state index contributed by atoms with van der Waals surface area (Å²) in [4.78, 5) is 11.5. The van der Waals surface area contributed by atoms with Crippen LogP contribution >= 0.6 is 0 Å². The van der Waals surface area contributed by atoms with Crippen LogP contribution in [-0.4, -0.2) is 36.9 Å². The molecule has 5 heteroatoms. The Kier molecular flexibility index (Phi) is 6.18. The fraction of sp³-hybridized carbons (Fsp3) is 0.909. The van der Waals surface area contributed by atoms with Crippen molar-refractivity contribution < 1.29 is 9.90 Å². The molecule has 5 nitrogen and oxygen atoms in total. The lowest BCUT2D eigenvalue weighted by Gasteiger charge is -2.24. The summed E-state index contributed by atoms with van der Waals surface area (Å²) < 4.78 is 0. The maximum absolute atomic E-state index is 11.5. The van der Waals surface area contributed by atoms with Gasteiger partial charge in [-0.15, -0.1) is 0 Å². The van der Waals surface area contributed by atoms with Gasteiger partial charge in [-0.3, -0.25) is 0 Å². The normalized spacial score (nSPS) is 18.4. The lowest BCUT2D eigenvalue weighted by Crippen LogP contribution is -2.46. The molecule has 0 spiro atoms. The second-order valence-corrected chi connectivity index (χ2v) is 4.35. The van der Waals surface area contributed by atoms with E-state index in [1.807, 2.05) is 0 Å². The largest absolute Gasteiger partial charge is 0.396 e. The summed E-state index contributed by atoms with van der Waals surface area (Å²) in [5, 5.41) is 14.6. The Hall–Kier alpha value is -0.810. The summed E-state index contributed by atoms with van der Waals surface area (Å²) in [6, 6.07) is -0.0684. The van der Waals surface area contributed by atoms with Crippen molar-refractivity contribution in [1.29, 1.82) is 0 Å². The van der Waals surface area contributed by atoms with Crippen LogP contribution < -0.4 is 16.4 Å². The molecular formula is C11H23N3O2. The zero-order chi connectivity index (χ0) is 11.8. The number of amides is 2. The molecule has 0 aromatic heterocycles. The molecular weight excluding hydrogens is 206 g/mol. The minimum absolute atomic E-state index is 0.102. The molecule has 0 aliphatic heterocycles. The molecule has 1 saturated carbocycles. The molecule has 1 unspecified atom stereocenters. The molecule has 5 N–H and O–H groups in total. The number of carbonyl (C=O) groups is 1. The van der Waals surface area contributed by atoms with E-state index in [1.54, 1.807) is 0 Å². The average Bonchev–Trinajstić information content (AvgIpc) is 2.79. The molecule has 0 bridgehead atoms. The number of hydrogen-bond acceptors (Lipinski definition) is 3. The monoisotopic (exact) mass is 229 g/mol. The summed E-state index contributed by atoms with van der Waals surface area (Å²) in [6.45, 7) is 1.06. The summed E-state index contributed by atoms with van der Waals surface area (Å²) in [5.74, 6) is 0.524. The Balaban J connectivity index is 2.34. The van der Waals surface area contributed by atoms with Crippen LogP contribution in [0.25, 0.3) is 0 Å². The van der Waals surface area contributed by atoms with Gasteiger partial charge in [0.2, 0.25) is 0 Å². The number of carbonyl (C=O) groups excluding carboxylic acids is 1. The van der Waals surface area contributed by atoms with Gasteiger partial charge in [0.25, 0.3) is 0 Å². The Bertz CT molecular complexity index is 205. The third-order valence-electron chi connectivity index (χ3n) is 3.16. The van der Waals surface area contributed by atoms with Gasteiger partial charge < -0.3 is 21.5 Å². The molecule has 0 heterocycles. The molecule has 0 radical (unpaired) electrons. The van der Waals surface area contributed by atoms with E-state index in [1.165, 1.54) is 12.8 Å². The van der Waals surface area contributed by atoms with Crippen molar-refractivity contribution in [2.45, 2.75) is 38.1 Å². The molecule has 1 aliphatic carbocycles. The topological polar surface area (TPSA) is 87.4 Å². The van der Waals surface area contributed by atoms with Crippen molar-refractivity contribution in [3.63, 3.8) is 0 Å². The van der Waals surface area contributed by atoms with Gasteiger partial charge >= 0.3 is 6.03 Å². The summed E-state index contributed by atoms with van der Waals surface area (Å²) in [7, 11) is 0. The van der Waals surface area contributed by atoms with Crippen LogP contribution in [0.15, 0.2) is 0 Å². The van der Waals surface area contributed by atoms with Crippen LogP contribution in [0.3, 0.4) is 0 Å². The molecule has 1 fully saturated rings. The second kappa shape index (κ2) is 7.46. The van der Waals surface area contributed by atoms with Crippen molar-refractivity contribution in [3.05, 3.63) is 0 Å². The predicted octanol–water partition coefficient (Wildman–Crippen LogP) is 0.185. The molecule has 0 aromatic carbocycles. The first-order valence-electron chi connectivity index (χ1n) is 6.13. The zero-order valence-electron chi connectivity index (χ0n) is 9.74. The van der Waals surface area contributed by atoms with Crippen molar-refractivity contribution >= 4 is 6.03 Å². The first kappa shape index (κ1) is 13.3. The molecule has 0 saturated heterocycles. The van der Waals surface area contributed by atoms with E-state index in [0.717, 1.165) is 12.8 Å². The van der Waals surface area contributed by atoms with Gasteiger partial charge in [-0.2, -0.15) is 0 Å². The van der Waals surface area contributed by atoms with Gasteiger partial charge in [0, 0.05) is 25.7 Å². The van der Waals surface area contributed by atoms with Gasteiger partial charge in [0.15, 0.2) is 0 Å². The van der Waals surface area contributed by atoms with E-state index >= 15 is 0 Å². The van der Waals surface area contributed by atoms with Gasteiger partial charge in [-0.05, 0) is 25.2 Å². The quantitative estimate of drug-likeness (QED) is 0.524. The first-order valence-corrected chi connectivity index (χ1v) is 6.13. The van der Waals surface area contributed by atoms with Gasteiger partial charge in [0.1, 0.15) is 0 Å². The Labute approximate surface area is 96.8 Å². The summed E-state index contributed by atoms with van der Waals surface area (Å²) in [6.07, 6.45) is 5.42. The lowest BCUT2D eigenvalue weighted by molar-refractivity contribution is 0.214. The minimum Gasteiger partial charge on any atom is -0.396 e. The number of nitrogens with two attached hydrogens (primary N) is 1. The molecule has 2 amide bonds. The number of rotatable bonds is 6. The van der Waals surface area contributed by atoms with Crippen molar-refractivity contribution in [1.82, 2.24) is 10.6 Å². The van der Waals surface area contributed by atoms with Crippen molar-refractivity contribution in [2.75, 3.05) is 19.7 Å². The second-order valence-electron chi connectivity index (χ2n) is 4.35. The van der Waals surface area contributed by atoms with Crippen LogP contribution in [0.2, 0.25) is 0 Å². The Morgan fingerprint density at radius 2 is 2.12 bits per heavy atom. The average molecular weight is 229 g/mol. The summed E-state index contributed by atoms with van der Waals surface area (Å²) >= 11 is 0. The van der Waals surface area contributed by atoms with E-state index in [-0.39, 0.29) is 18.7 Å². The highest BCUT2D eigenvalue weighted by Gasteiger charge is 2.25. The van der Waals surface area contributed by atoms with Gasteiger partial charge in [-0.25, -0.2) is 4.79 Å². The van der Waals surface area contributed by atoms with E-state index in [2.05, 4.69) is 10.6 Å². The van der Waals surface area contributed by atoms with E-state index in [9.17, 15) is 4.79 Å². The molecule has 94 valence electrons. The molecule has 1 atom stereocenters. The SMILES string of the molecule is NCCNC(=O)NC(CCO)C1CCCC1. The van der Waals surface area contributed by atoms with Crippen molar-refractivity contribution in [2.24, 2.45) is 11.7 Å². The summed E-state index contributed by atoms with van der Waals surface area (Å²) in [5.41, 5.74) is 5.31. The van der Waals surface area contributed by atoms with Gasteiger partial charge in [-0.1, -0.05) is 12.8 Å². The van der Waals surface area contributed by atoms with Crippen LogP contribution in [-0.2, 0) is 0 Å². The van der Waals surface area contributed by atoms with Crippen LogP contribution in [0, 0.1) is 5.92 Å². The maximum atomic E-state index is 11.5. The molecule has 1 aliphatic rings. The predicted molar refractivity (Wildman–Crippen MR) is 63.0 cm³/mol. The van der Waals surface area contributed by atoms with Gasteiger partial charge in [0.05, 0.1) is 0 Å². The highest BCUT2D eigenvalue weighted by atomic mass is 16.3. The van der Waals surface area contributed by atoms with Crippen molar-refractivity contribution in [3.8, 4) is 0 Å². The van der Waals surface area contributed by atoms with E-state index in [0.29, 0.717) is 25.4 Å². The maximum Gasteiger partial charge on any atom is 0.315 e. The van der Waals surface area contributed by atoms with E-state index < -0.39 is 0 Å². The fourth-order valence-corrected chi connectivity index (χ4v) is 2.33. The highest BCUT2D eigenvalue weighted by Crippen LogP contribution is 2.28. The molecule has 1 rings (SSSR count). The highest BCUT2D eigenvalue weighted by molar-refractivity contribution is 5.74. The third kappa shape index (κ3) is 4.37. The van der Waals surface area contributed by atoms with Crippen LogP contribution in [0.5, 0.6) is 0 Å². The number of aliphatic hydroxyl groups excluding tert-OH is 1. The number of hydrogen-bond donors (Lipinski definition) is 4. The fourth-order valence-electron chi connectivity index (χ4n) is 2.33. The number of urea groups is 1. The third-order valence-corrected chi connectivity index (χ3v) is 3.16. The van der Waals surface area contributed by atoms with Crippen LogP contribution in [0.4, 0.5) is 4.79 Å². The first-order chi connectivity index (χ1) is 7.77. The Morgan fingerprint density at radius 1 is 1.44 bits per heavy atom. The Morgan fingerprint density at radius 3 is 2.69 bits per heavy atom. The minimum atomic E-state index is -0.171.